The molecule has 21 heavy (non-hydrogen) atoms. The van der Waals surface area contributed by atoms with Gasteiger partial charge in [-0.15, -0.1) is 0 Å². The van der Waals surface area contributed by atoms with E-state index in [1.165, 1.54) is 16.4 Å². The number of hydrogen-bond donors (Lipinski definition) is 2. The third kappa shape index (κ3) is 2.52. The lowest BCUT2D eigenvalue weighted by atomic mass is 9.94. The van der Waals surface area contributed by atoms with Crippen molar-refractivity contribution in [3.63, 3.8) is 0 Å². The first-order chi connectivity index (χ1) is 10.1. The molecule has 7 heteroatoms. The van der Waals surface area contributed by atoms with Gasteiger partial charge >= 0.3 is 0 Å². The summed E-state index contributed by atoms with van der Waals surface area (Å²) >= 11 is 5.12. The molecule has 1 aliphatic rings. The van der Waals surface area contributed by atoms with Gasteiger partial charge in [-0.25, -0.2) is 9.67 Å². The minimum atomic E-state index is -0.531. The normalized spacial score (nSPS) is 13.7. The van der Waals surface area contributed by atoms with Crippen molar-refractivity contribution in [2.75, 3.05) is 0 Å². The van der Waals surface area contributed by atoms with Gasteiger partial charge in [-0.05, 0) is 37.3 Å². The average molecular weight is 301 g/mol. The monoisotopic (exact) mass is 301 g/mol. The predicted octanol–water partition coefficient (Wildman–Crippen LogP) is 0.879. The fraction of sp³-hybridized carbons (Fsp3) is 0.286. The molecule has 2 heterocycles. The molecule has 0 bridgehead atoms. The van der Waals surface area contributed by atoms with E-state index in [2.05, 4.69) is 10.1 Å². The predicted molar refractivity (Wildman–Crippen MR) is 82.4 cm³/mol. The topological polar surface area (TPSA) is 99.8 Å². The van der Waals surface area contributed by atoms with Crippen molar-refractivity contribution in [1.82, 2.24) is 14.8 Å². The number of aryl methyl sites for hydroxylation is 2. The molecule has 108 valence electrons. The van der Waals surface area contributed by atoms with Crippen LogP contribution in [0.1, 0.15) is 40.0 Å². The van der Waals surface area contributed by atoms with E-state index in [1.54, 1.807) is 6.20 Å². The number of amides is 1. The zero-order valence-corrected chi connectivity index (χ0v) is 12.2. The molecule has 1 aliphatic carbocycles. The van der Waals surface area contributed by atoms with Crippen LogP contribution in [0.4, 0.5) is 0 Å². The number of primary amides is 1. The largest absolute Gasteiger partial charge is 0.389 e. The minimum absolute atomic E-state index is 0.266. The molecule has 0 saturated carbocycles. The van der Waals surface area contributed by atoms with E-state index in [1.807, 2.05) is 6.07 Å². The van der Waals surface area contributed by atoms with Crippen molar-refractivity contribution in [1.29, 1.82) is 0 Å². The molecule has 0 unspecified atom stereocenters. The summed E-state index contributed by atoms with van der Waals surface area (Å²) in [5.41, 5.74) is 14.3. The molecular weight excluding hydrogens is 286 g/mol. The number of fused-ring (bicyclic) bond motifs is 1. The van der Waals surface area contributed by atoms with Gasteiger partial charge in [0.1, 0.15) is 4.99 Å². The van der Waals surface area contributed by atoms with E-state index < -0.39 is 5.91 Å². The fourth-order valence-corrected chi connectivity index (χ4v) is 2.69. The first-order valence-electron chi connectivity index (χ1n) is 6.73. The van der Waals surface area contributed by atoms with E-state index in [4.69, 9.17) is 23.7 Å². The Kier molecular flexibility index (Phi) is 3.42. The van der Waals surface area contributed by atoms with Crippen LogP contribution in [-0.4, -0.2) is 25.7 Å². The Bertz CT molecular complexity index is 737. The van der Waals surface area contributed by atoms with Crippen molar-refractivity contribution in [3.05, 3.63) is 40.8 Å². The van der Waals surface area contributed by atoms with Gasteiger partial charge in [0.25, 0.3) is 5.91 Å². The molecule has 0 aliphatic heterocycles. The average Bonchev–Trinajstić information content (AvgIpc) is 2.95. The molecule has 0 spiro atoms. The number of rotatable bonds is 3. The van der Waals surface area contributed by atoms with E-state index >= 15 is 0 Å². The third-order valence-electron chi connectivity index (χ3n) is 3.63. The fourth-order valence-electron chi connectivity index (χ4n) is 2.54. The number of carbonyl (C=O) groups is 1. The second-order valence-corrected chi connectivity index (χ2v) is 5.51. The van der Waals surface area contributed by atoms with Gasteiger partial charge in [0.2, 0.25) is 0 Å². The van der Waals surface area contributed by atoms with Gasteiger partial charge in [0.05, 0.1) is 17.3 Å². The molecule has 0 fully saturated rings. The summed E-state index contributed by atoms with van der Waals surface area (Å²) in [6, 6.07) is 1.99. The molecule has 0 aromatic carbocycles. The highest BCUT2D eigenvalue weighted by Crippen LogP contribution is 2.24. The first kappa shape index (κ1) is 13.7. The van der Waals surface area contributed by atoms with Gasteiger partial charge in [0, 0.05) is 11.9 Å². The van der Waals surface area contributed by atoms with Gasteiger partial charge in [-0.3, -0.25) is 4.79 Å². The van der Waals surface area contributed by atoms with Crippen molar-refractivity contribution in [3.8, 4) is 5.82 Å². The Morgan fingerprint density at radius 1 is 1.29 bits per heavy atom. The number of nitrogens with two attached hydrogens (primary N) is 2. The highest BCUT2D eigenvalue weighted by molar-refractivity contribution is 7.80. The Labute approximate surface area is 127 Å². The Hall–Kier alpha value is -2.28. The summed E-state index contributed by atoms with van der Waals surface area (Å²) in [6.07, 6.45) is 7.15. The number of carbonyl (C=O) groups excluding carboxylic acids is 1. The molecule has 2 aromatic heterocycles. The molecule has 0 radical (unpaired) electrons. The molecule has 0 atom stereocenters. The highest BCUT2D eigenvalue weighted by atomic mass is 32.1. The molecular formula is C14H15N5OS. The quantitative estimate of drug-likeness (QED) is 0.820. The molecule has 0 saturated heterocycles. The van der Waals surface area contributed by atoms with Crippen molar-refractivity contribution < 1.29 is 4.79 Å². The van der Waals surface area contributed by atoms with E-state index in [9.17, 15) is 4.79 Å². The maximum Gasteiger partial charge on any atom is 0.251 e. The van der Waals surface area contributed by atoms with Gasteiger partial charge < -0.3 is 11.5 Å². The number of hydrogen-bond acceptors (Lipinski definition) is 4. The molecule has 3 rings (SSSR count). The molecule has 2 aromatic rings. The maximum atomic E-state index is 11.2. The van der Waals surface area contributed by atoms with Crippen LogP contribution in [0.2, 0.25) is 0 Å². The molecule has 1 amide bonds. The van der Waals surface area contributed by atoms with Crippen LogP contribution in [0.25, 0.3) is 5.82 Å². The van der Waals surface area contributed by atoms with E-state index in [0.717, 1.165) is 31.4 Å². The van der Waals surface area contributed by atoms with Crippen LogP contribution in [0.3, 0.4) is 0 Å². The lowest BCUT2D eigenvalue weighted by molar-refractivity contribution is 0.100. The van der Waals surface area contributed by atoms with Crippen LogP contribution < -0.4 is 11.5 Å². The highest BCUT2D eigenvalue weighted by Gasteiger charge is 2.18. The third-order valence-corrected chi connectivity index (χ3v) is 3.85. The van der Waals surface area contributed by atoms with Gasteiger partial charge in [0.15, 0.2) is 5.82 Å². The number of nitrogens with zero attached hydrogens (tertiary/aromatic N) is 3. The number of aromatic nitrogens is 3. The summed E-state index contributed by atoms with van der Waals surface area (Å²) in [7, 11) is 0. The summed E-state index contributed by atoms with van der Waals surface area (Å²) in [5.74, 6) is 0.0201. The zero-order valence-electron chi connectivity index (χ0n) is 11.4. The van der Waals surface area contributed by atoms with Crippen LogP contribution in [-0.2, 0) is 12.8 Å². The molecule has 6 nitrogen and oxygen atoms in total. The number of pyridine rings is 1. The Balaban J connectivity index is 2.15. The standard InChI is InChI=1S/C14H15N5OS/c15-12(20)9-6-17-19(7-9)14-10(13(16)21)5-8-3-1-2-4-11(8)18-14/h5-7H,1-4H2,(H2,15,20)(H2,16,21). The van der Waals surface area contributed by atoms with E-state index in [0.29, 0.717) is 16.9 Å². The van der Waals surface area contributed by atoms with Gasteiger partial charge in [-0.2, -0.15) is 5.10 Å². The minimum Gasteiger partial charge on any atom is -0.389 e. The smallest absolute Gasteiger partial charge is 0.251 e. The van der Waals surface area contributed by atoms with Gasteiger partial charge in [-0.1, -0.05) is 12.2 Å². The number of thiocarbonyl (C=S) groups is 1. The van der Waals surface area contributed by atoms with Crippen LogP contribution in [0, 0.1) is 0 Å². The van der Waals surface area contributed by atoms with Crippen molar-refractivity contribution in [2.24, 2.45) is 11.5 Å². The second-order valence-electron chi connectivity index (χ2n) is 5.07. The lowest BCUT2D eigenvalue weighted by Crippen LogP contribution is -2.18. The first-order valence-corrected chi connectivity index (χ1v) is 7.14. The summed E-state index contributed by atoms with van der Waals surface area (Å²) < 4.78 is 1.50. The van der Waals surface area contributed by atoms with Crippen LogP contribution in [0.15, 0.2) is 18.5 Å². The summed E-state index contributed by atoms with van der Waals surface area (Å²) in [5, 5.41) is 4.14. The Morgan fingerprint density at radius 3 is 2.71 bits per heavy atom. The maximum absolute atomic E-state index is 11.2. The SMILES string of the molecule is NC(=O)c1cnn(-c2nc3c(cc2C(N)=S)CCCC3)c1. The summed E-state index contributed by atoms with van der Waals surface area (Å²) in [4.78, 5) is 16.1. The van der Waals surface area contributed by atoms with Crippen molar-refractivity contribution >= 4 is 23.1 Å². The van der Waals surface area contributed by atoms with Crippen LogP contribution >= 0.6 is 12.2 Å². The lowest BCUT2D eigenvalue weighted by Gasteiger charge is -2.18. The van der Waals surface area contributed by atoms with E-state index in [-0.39, 0.29) is 4.99 Å². The zero-order chi connectivity index (χ0) is 15.0. The summed E-state index contributed by atoms with van der Waals surface area (Å²) in [6.45, 7) is 0. The Morgan fingerprint density at radius 2 is 2.05 bits per heavy atom. The molecule has 4 N–H and O–H groups in total. The van der Waals surface area contributed by atoms with Crippen molar-refractivity contribution in [2.45, 2.75) is 25.7 Å². The van der Waals surface area contributed by atoms with Crippen LogP contribution in [0.5, 0.6) is 0 Å². The second kappa shape index (κ2) is 5.25.